The molecule has 0 saturated carbocycles. The van der Waals surface area contributed by atoms with E-state index in [-0.39, 0.29) is 42.9 Å². The third-order valence-corrected chi connectivity index (χ3v) is 12.0. The van der Waals surface area contributed by atoms with Crippen molar-refractivity contribution in [3.05, 3.63) is 81.6 Å². The number of fused-ring (bicyclic) bond motifs is 8. The highest BCUT2D eigenvalue weighted by atomic mass is 32.2. The smallest absolute Gasteiger partial charge is 0.307 e. The topological polar surface area (TPSA) is 136 Å². The molecule has 0 saturated heterocycles. The van der Waals surface area contributed by atoms with Gasteiger partial charge in [0.25, 0.3) is 10.1 Å². The number of anilines is 1. The maximum Gasteiger partial charge on any atom is 0.307 e. The average molecular weight is 661 g/mol. The number of carbonyl (C=O) groups excluding carboxylic acids is 1. The summed E-state index contributed by atoms with van der Waals surface area (Å²) in [5.41, 5.74) is 9.49. The fourth-order valence-electron chi connectivity index (χ4n) is 8.52. The molecule has 4 atom stereocenters. The van der Waals surface area contributed by atoms with Crippen LogP contribution in [0.15, 0.2) is 59.3 Å². The number of ether oxygens (including phenoxy) is 1. The van der Waals surface area contributed by atoms with E-state index in [1.54, 1.807) is 0 Å². The number of carbonyl (C=O) groups is 2. The molecule has 11 heteroatoms. The van der Waals surface area contributed by atoms with Crippen molar-refractivity contribution in [3.63, 3.8) is 0 Å². The van der Waals surface area contributed by atoms with Crippen LogP contribution in [0.5, 0.6) is 0 Å². The van der Waals surface area contributed by atoms with Gasteiger partial charge in [-0.15, -0.1) is 0 Å². The number of amides is 1. The van der Waals surface area contributed by atoms with Gasteiger partial charge in [-0.3, -0.25) is 14.1 Å². The summed E-state index contributed by atoms with van der Waals surface area (Å²) in [6, 6.07) is 12.4. The lowest BCUT2D eigenvalue weighted by Gasteiger charge is -2.43. The van der Waals surface area contributed by atoms with Gasteiger partial charge in [-0.2, -0.15) is 13.0 Å². The molecular weight excluding hydrogens is 618 g/mol. The monoisotopic (exact) mass is 660 g/mol. The lowest BCUT2D eigenvalue weighted by Crippen LogP contribution is -2.48. The number of carboxylic acids is 1. The fraction of sp³-hybridized carbons (Fsp3) is 0.472. The van der Waals surface area contributed by atoms with Crippen molar-refractivity contribution in [2.75, 3.05) is 24.5 Å². The van der Waals surface area contributed by atoms with E-state index in [0.29, 0.717) is 0 Å². The van der Waals surface area contributed by atoms with Gasteiger partial charge in [0.2, 0.25) is 11.6 Å². The fourth-order valence-corrected chi connectivity index (χ4v) is 8.82. The number of benzene rings is 2. The Hall–Kier alpha value is -3.80. The molecule has 0 aliphatic carbocycles. The van der Waals surface area contributed by atoms with Crippen molar-refractivity contribution in [2.24, 2.45) is 0 Å². The summed E-state index contributed by atoms with van der Waals surface area (Å²) in [5, 5.41) is 11.1. The Morgan fingerprint density at radius 2 is 1.87 bits per heavy atom. The Kier molecular flexibility index (Phi) is 7.35. The number of nitrogens with zero attached hydrogens (tertiary/aromatic N) is 2. The molecule has 2 aromatic rings. The molecule has 2 aromatic carbocycles. The highest BCUT2D eigenvalue weighted by Gasteiger charge is 2.55. The third kappa shape index (κ3) is 5.05. The zero-order valence-corrected chi connectivity index (χ0v) is 28.3. The molecule has 7 rings (SSSR count). The molecule has 5 aliphatic rings. The van der Waals surface area contributed by atoms with Gasteiger partial charge in [0.05, 0.1) is 24.0 Å². The molecule has 3 N–H and O–H groups in total. The number of allylic oxidation sites excluding steroid dienone is 1. The van der Waals surface area contributed by atoms with Gasteiger partial charge in [-0.25, -0.2) is 0 Å². The minimum absolute atomic E-state index is 0.0260. The molecule has 0 spiro atoms. The Bertz CT molecular complexity index is 1940. The number of rotatable bonds is 7. The predicted molar refractivity (Wildman–Crippen MR) is 178 cm³/mol. The van der Waals surface area contributed by atoms with Crippen LogP contribution in [0, 0.1) is 6.92 Å². The first-order valence-electron chi connectivity index (χ1n) is 16.3. The second kappa shape index (κ2) is 10.9. The number of nitrogens with one attached hydrogen (secondary N) is 1. The minimum Gasteiger partial charge on any atom is -0.481 e. The molecule has 1 amide bonds. The molecule has 10 nitrogen and oxygen atoms in total. The highest BCUT2D eigenvalue weighted by Crippen LogP contribution is 2.55. The van der Waals surface area contributed by atoms with Crippen LogP contribution in [0.1, 0.15) is 69.2 Å². The van der Waals surface area contributed by atoms with E-state index in [1.165, 1.54) is 12.6 Å². The molecule has 0 radical (unpaired) electrons. The van der Waals surface area contributed by atoms with Gasteiger partial charge in [-0.05, 0) is 70.4 Å². The van der Waals surface area contributed by atoms with Gasteiger partial charge >= 0.3 is 5.97 Å². The maximum atomic E-state index is 13.5. The minimum atomic E-state index is -4.27. The van der Waals surface area contributed by atoms with Crippen molar-refractivity contribution in [1.82, 2.24) is 5.32 Å². The largest absolute Gasteiger partial charge is 0.481 e. The number of aryl methyl sites for hydroxylation is 1. The maximum absolute atomic E-state index is 13.5. The summed E-state index contributed by atoms with van der Waals surface area (Å²) in [7, 11) is -4.27. The first kappa shape index (κ1) is 31.8. The lowest BCUT2D eigenvalue weighted by molar-refractivity contribution is -0.445. The summed E-state index contributed by atoms with van der Waals surface area (Å²) in [6.45, 7) is 11.3. The quantitative estimate of drug-likeness (QED) is 0.295. The van der Waals surface area contributed by atoms with Crippen molar-refractivity contribution < 1.29 is 37.0 Å². The first-order valence-corrected chi connectivity index (χ1v) is 17.8. The van der Waals surface area contributed by atoms with E-state index in [4.69, 9.17) is 4.74 Å². The Morgan fingerprint density at radius 1 is 1.11 bits per heavy atom. The number of aliphatic carboxylic acids is 1. The van der Waals surface area contributed by atoms with Gasteiger partial charge in [0, 0.05) is 65.5 Å². The van der Waals surface area contributed by atoms with E-state index in [9.17, 15) is 27.7 Å². The Balaban J connectivity index is 1.33. The van der Waals surface area contributed by atoms with Crippen LogP contribution in [0.4, 0.5) is 11.4 Å². The van der Waals surface area contributed by atoms with Crippen molar-refractivity contribution in [3.8, 4) is 0 Å². The Morgan fingerprint density at radius 3 is 2.60 bits per heavy atom. The number of hydrogen-bond acceptors (Lipinski definition) is 6. The second-order valence-electron chi connectivity index (χ2n) is 14.5. The Labute approximate surface area is 275 Å². The van der Waals surface area contributed by atoms with Crippen LogP contribution in [0.3, 0.4) is 0 Å². The zero-order valence-electron chi connectivity index (χ0n) is 27.5. The van der Waals surface area contributed by atoms with Crippen LogP contribution in [-0.2, 0) is 41.7 Å². The van der Waals surface area contributed by atoms with Crippen LogP contribution in [-0.4, -0.2) is 77.3 Å². The van der Waals surface area contributed by atoms with E-state index in [2.05, 4.69) is 65.9 Å². The van der Waals surface area contributed by atoms with E-state index >= 15 is 0 Å². The van der Waals surface area contributed by atoms with Gasteiger partial charge in [-0.1, -0.05) is 23.8 Å². The van der Waals surface area contributed by atoms with Crippen molar-refractivity contribution >= 4 is 39.1 Å². The summed E-state index contributed by atoms with van der Waals surface area (Å²) >= 11 is 0. The van der Waals surface area contributed by atoms with Crippen LogP contribution in [0.25, 0.3) is 0 Å². The van der Waals surface area contributed by atoms with Crippen LogP contribution < -0.4 is 10.2 Å². The SMILES string of the molecule is Cc1ccc2c(c1)C(C)(CC(=O)NCC(C)S(=O)(=O)O)C1=C3C=C4C5=[N+](CCC4OC3CCN12)c1ccc(CC(=O)O)cc1C5(C)C. The van der Waals surface area contributed by atoms with Crippen molar-refractivity contribution in [1.29, 1.82) is 0 Å². The number of hydrogen-bond donors (Lipinski definition) is 3. The second-order valence-corrected chi connectivity index (χ2v) is 16.3. The van der Waals surface area contributed by atoms with Crippen LogP contribution >= 0.6 is 0 Å². The predicted octanol–water partition coefficient (Wildman–Crippen LogP) is 4.31. The summed E-state index contributed by atoms with van der Waals surface area (Å²) in [5.74, 6) is -1.15. The summed E-state index contributed by atoms with van der Waals surface area (Å²) in [6.07, 6.45) is 3.81. The van der Waals surface area contributed by atoms with E-state index < -0.39 is 26.8 Å². The van der Waals surface area contributed by atoms with E-state index in [1.807, 2.05) is 19.1 Å². The molecular formula is C36H42N3O7S+. The number of carboxylic acid groups (broad SMARTS) is 1. The van der Waals surface area contributed by atoms with E-state index in [0.717, 1.165) is 76.4 Å². The first-order chi connectivity index (χ1) is 22.1. The van der Waals surface area contributed by atoms with Gasteiger partial charge < -0.3 is 20.1 Å². The lowest BCUT2D eigenvalue weighted by atomic mass is 9.72. The molecule has 0 aromatic heterocycles. The summed E-state index contributed by atoms with van der Waals surface area (Å²) < 4.78 is 42.0. The molecule has 47 heavy (non-hydrogen) atoms. The van der Waals surface area contributed by atoms with Gasteiger partial charge in [0.1, 0.15) is 5.25 Å². The molecule has 5 aliphatic heterocycles. The third-order valence-electron chi connectivity index (χ3n) is 10.8. The molecule has 248 valence electrons. The molecule has 0 bridgehead atoms. The summed E-state index contributed by atoms with van der Waals surface area (Å²) in [4.78, 5) is 27.4. The van der Waals surface area contributed by atoms with Gasteiger partial charge in [0.15, 0.2) is 12.3 Å². The van der Waals surface area contributed by atoms with Crippen LogP contribution in [0.2, 0.25) is 0 Å². The van der Waals surface area contributed by atoms with Crippen molar-refractivity contribution in [2.45, 2.75) is 88.6 Å². The zero-order chi connectivity index (χ0) is 33.6. The standard InChI is InChI=1S/C36H41N3O7S/c1-20-6-8-28-26(14-20)36(5,18-31(40)37-19-21(2)47(43,44)45)34-24-17-23-29(46-30(24)11-13-39(28)34)10-12-38-27-9-7-22(16-32(41)42)15-25(27)35(3,4)33(23)38/h6-9,14-15,17,21,29-30H,10-13,16,18-19H2,1-5H3,(H2-,37,40,41,42,43,44,45)/p+1. The molecule has 0 fully saturated rings. The normalized spacial score (nSPS) is 26.0. The highest BCUT2D eigenvalue weighted by molar-refractivity contribution is 7.86. The molecule has 4 unspecified atom stereocenters. The average Bonchev–Trinajstić information content (AvgIpc) is 3.38. The molecule has 5 heterocycles.